The number of ether oxygens (including phenoxy) is 2. The molecular formula is C24H27FN4O4. The van der Waals surface area contributed by atoms with E-state index in [4.69, 9.17) is 9.47 Å². The van der Waals surface area contributed by atoms with Gasteiger partial charge in [-0.3, -0.25) is 20.4 Å². The van der Waals surface area contributed by atoms with Crippen molar-refractivity contribution in [3.8, 4) is 17.2 Å². The van der Waals surface area contributed by atoms with Gasteiger partial charge in [0.1, 0.15) is 5.82 Å². The molecular weight excluding hydrogens is 427 g/mol. The average molecular weight is 455 g/mol. The standard InChI is InChI=1S/C24H27FN4O4/c1-4-6-13-33-21-12-7-16(14-22(21)32-3)23(30)27-28-24(31)19-15-26-29(20(19)5-2)18-10-8-17(25)9-11-18/h7-12,14-15H,4-6,13H2,1-3H3,(H,27,30)(H,28,31). The van der Waals surface area contributed by atoms with E-state index in [1.165, 1.54) is 25.4 Å². The van der Waals surface area contributed by atoms with E-state index < -0.39 is 11.8 Å². The Morgan fingerprint density at radius 2 is 1.76 bits per heavy atom. The molecule has 0 fully saturated rings. The number of hydrogen-bond acceptors (Lipinski definition) is 5. The lowest BCUT2D eigenvalue weighted by molar-refractivity contribution is 0.0846. The molecule has 0 bridgehead atoms. The first-order valence-corrected chi connectivity index (χ1v) is 10.7. The molecule has 0 aliphatic heterocycles. The molecule has 2 N–H and O–H groups in total. The van der Waals surface area contributed by atoms with E-state index in [1.807, 2.05) is 6.92 Å². The van der Waals surface area contributed by atoms with E-state index in [9.17, 15) is 14.0 Å². The Balaban J connectivity index is 1.68. The normalized spacial score (nSPS) is 10.5. The summed E-state index contributed by atoms with van der Waals surface area (Å²) in [5.41, 5.74) is 6.68. The molecule has 3 aromatic rings. The Morgan fingerprint density at radius 3 is 2.42 bits per heavy atom. The predicted octanol–water partition coefficient (Wildman–Crippen LogP) is 3.84. The van der Waals surface area contributed by atoms with Gasteiger partial charge in [0.25, 0.3) is 11.8 Å². The van der Waals surface area contributed by atoms with Crippen molar-refractivity contribution in [3.05, 3.63) is 71.3 Å². The van der Waals surface area contributed by atoms with Crippen LogP contribution >= 0.6 is 0 Å². The van der Waals surface area contributed by atoms with Gasteiger partial charge in [-0.2, -0.15) is 5.10 Å². The van der Waals surface area contributed by atoms with Crippen molar-refractivity contribution in [2.24, 2.45) is 0 Å². The highest BCUT2D eigenvalue weighted by molar-refractivity contribution is 5.99. The summed E-state index contributed by atoms with van der Waals surface area (Å²) in [6, 6.07) is 10.6. The monoisotopic (exact) mass is 454 g/mol. The third kappa shape index (κ3) is 5.68. The summed E-state index contributed by atoms with van der Waals surface area (Å²) in [5, 5.41) is 4.25. The number of carbonyl (C=O) groups excluding carboxylic acids is 2. The quantitative estimate of drug-likeness (QED) is 0.379. The summed E-state index contributed by atoms with van der Waals surface area (Å²) in [7, 11) is 1.50. The van der Waals surface area contributed by atoms with Crippen LogP contribution in [0.2, 0.25) is 0 Å². The van der Waals surface area contributed by atoms with Crippen molar-refractivity contribution in [1.82, 2.24) is 20.6 Å². The third-order valence-corrected chi connectivity index (χ3v) is 4.99. The smallest absolute Gasteiger partial charge is 0.273 e. The molecule has 0 saturated carbocycles. The zero-order valence-corrected chi connectivity index (χ0v) is 18.9. The van der Waals surface area contributed by atoms with Crippen molar-refractivity contribution in [2.75, 3.05) is 13.7 Å². The lowest BCUT2D eigenvalue weighted by Gasteiger charge is -2.12. The third-order valence-electron chi connectivity index (χ3n) is 4.99. The zero-order chi connectivity index (χ0) is 23.8. The fraction of sp³-hybridized carbons (Fsp3) is 0.292. The van der Waals surface area contributed by atoms with Crippen LogP contribution in [0.25, 0.3) is 5.69 Å². The SMILES string of the molecule is CCCCOc1ccc(C(=O)NNC(=O)c2cnn(-c3ccc(F)cc3)c2CC)cc1OC. The van der Waals surface area contributed by atoms with E-state index >= 15 is 0 Å². The van der Waals surface area contributed by atoms with Gasteiger partial charge in [0.05, 0.1) is 36.9 Å². The van der Waals surface area contributed by atoms with E-state index in [2.05, 4.69) is 22.9 Å². The highest BCUT2D eigenvalue weighted by atomic mass is 19.1. The van der Waals surface area contributed by atoms with Gasteiger partial charge < -0.3 is 9.47 Å². The van der Waals surface area contributed by atoms with Crippen molar-refractivity contribution in [1.29, 1.82) is 0 Å². The van der Waals surface area contributed by atoms with E-state index in [0.29, 0.717) is 47.0 Å². The summed E-state index contributed by atoms with van der Waals surface area (Å²) in [6.07, 6.45) is 3.83. The van der Waals surface area contributed by atoms with Crippen LogP contribution in [0, 0.1) is 5.82 Å². The second-order valence-electron chi connectivity index (χ2n) is 7.22. The molecule has 33 heavy (non-hydrogen) atoms. The van der Waals surface area contributed by atoms with Crippen LogP contribution in [-0.4, -0.2) is 35.3 Å². The number of hydrogen-bond donors (Lipinski definition) is 2. The van der Waals surface area contributed by atoms with Crippen LogP contribution in [0.1, 0.15) is 53.1 Å². The van der Waals surface area contributed by atoms with Crippen LogP contribution in [0.3, 0.4) is 0 Å². The molecule has 1 aromatic heterocycles. The van der Waals surface area contributed by atoms with Gasteiger partial charge in [0.2, 0.25) is 0 Å². The number of unbranched alkanes of at least 4 members (excludes halogenated alkanes) is 1. The molecule has 1 heterocycles. The van der Waals surface area contributed by atoms with Gasteiger partial charge in [0.15, 0.2) is 11.5 Å². The summed E-state index contributed by atoms with van der Waals surface area (Å²) >= 11 is 0. The number of rotatable bonds is 9. The van der Waals surface area contributed by atoms with Crippen LogP contribution in [0.5, 0.6) is 11.5 Å². The van der Waals surface area contributed by atoms with Gasteiger partial charge in [-0.1, -0.05) is 20.3 Å². The van der Waals surface area contributed by atoms with Gasteiger partial charge in [-0.25, -0.2) is 9.07 Å². The van der Waals surface area contributed by atoms with Crippen molar-refractivity contribution in [2.45, 2.75) is 33.1 Å². The minimum Gasteiger partial charge on any atom is -0.493 e. The van der Waals surface area contributed by atoms with Crippen molar-refractivity contribution >= 4 is 11.8 Å². The Bertz CT molecular complexity index is 1110. The minimum absolute atomic E-state index is 0.299. The van der Waals surface area contributed by atoms with Gasteiger partial charge in [-0.05, 0) is 55.3 Å². The Morgan fingerprint density at radius 1 is 1.03 bits per heavy atom. The second kappa shape index (κ2) is 11.1. The van der Waals surface area contributed by atoms with E-state index in [1.54, 1.807) is 35.0 Å². The molecule has 0 atom stereocenters. The van der Waals surface area contributed by atoms with E-state index in [0.717, 1.165) is 12.8 Å². The van der Waals surface area contributed by atoms with Crippen LogP contribution in [0.4, 0.5) is 4.39 Å². The first kappa shape index (κ1) is 23.8. The predicted molar refractivity (Wildman–Crippen MR) is 121 cm³/mol. The Kier molecular flexibility index (Phi) is 8.01. The maximum absolute atomic E-state index is 13.2. The summed E-state index contributed by atoms with van der Waals surface area (Å²) in [5.74, 6) is -0.404. The van der Waals surface area contributed by atoms with Crippen LogP contribution < -0.4 is 20.3 Å². The maximum atomic E-state index is 13.2. The number of hydrazine groups is 1. The molecule has 3 rings (SSSR count). The number of nitrogens with one attached hydrogen (secondary N) is 2. The largest absolute Gasteiger partial charge is 0.493 e. The Hall–Kier alpha value is -3.88. The fourth-order valence-corrected chi connectivity index (χ4v) is 3.22. The molecule has 0 aliphatic rings. The molecule has 2 amide bonds. The second-order valence-corrected chi connectivity index (χ2v) is 7.22. The van der Waals surface area contributed by atoms with Gasteiger partial charge in [-0.15, -0.1) is 0 Å². The summed E-state index contributed by atoms with van der Waals surface area (Å²) in [6.45, 7) is 4.50. The molecule has 0 unspecified atom stereocenters. The van der Waals surface area contributed by atoms with Gasteiger partial charge >= 0.3 is 0 Å². The van der Waals surface area contributed by atoms with Gasteiger partial charge in [0, 0.05) is 5.56 Å². The molecule has 0 saturated heterocycles. The molecule has 8 nitrogen and oxygen atoms in total. The van der Waals surface area contributed by atoms with Crippen LogP contribution in [-0.2, 0) is 6.42 Å². The average Bonchev–Trinajstić information content (AvgIpc) is 3.27. The summed E-state index contributed by atoms with van der Waals surface area (Å²) in [4.78, 5) is 25.3. The molecule has 0 radical (unpaired) electrons. The number of halogens is 1. The molecule has 174 valence electrons. The highest BCUT2D eigenvalue weighted by Gasteiger charge is 2.18. The van der Waals surface area contributed by atoms with Crippen molar-refractivity contribution in [3.63, 3.8) is 0 Å². The lowest BCUT2D eigenvalue weighted by atomic mass is 10.2. The molecule has 0 aliphatic carbocycles. The Labute approximate surface area is 191 Å². The first-order chi connectivity index (χ1) is 16.0. The maximum Gasteiger partial charge on any atom is 0.273 e. The zero-order valence-electron chi connectivity index (χ0n) is 18.9. The number of aromatic nitrogens is 2. The highest BCUT2D eigenvalue weighted by Crippen LogP contribution is 2.28. The number of methoxy groups -OCH3 is 1. The van der Waals surface area contributed by atoms with Crippen molar-refractivity contribution < 1.29 is 23.5 Å². The molecule has 0 spiro atoms. The number of carbonyl (C=O) groups is 2. The van der Waals surface area contributed by atoms with Crippen LogP contribution in [0.15, 0.2) is 48.7 Å². The fourth-order valence-electron chi connectivity index (χ4n) is 3.22. The van der Waals surface area contributed by atoms with E-state index in [-0.39, 0.29) is 5.82 Å². The topological polar surface area (TPSA) is 94.5 Å². The lowest BCUT2D eigenvalue weighted by Crippen LogP contribution is -2.41. The summed E-state index contributed by atoms with van der Waals surface area (Å²) < 4.78 is 25.8. The number of amides is 2. The first-order valence-electron chi connectivity index (χ1n) is 10.7. The number of nitrogens with zero attached hydrogens (tertiary/aromatic N) is 2. The molecule has 2 aromatic carbocycles. The minimum atomic E-state index is -0.514. The number of benzene rings is 2. The molecule has 9 heteroatoms.